The molecule has 2 N–H and O–H groups in total. The number of pyridine rings is 1. The molecule has 8 heteroatoms. The van der Waals surface area contributed by atoms with Crippen molar-refractivity contribution in [2.45, 2.75) is 25.7 Å². The zero-order chi connectivity index (χ0) is 19.8. The number of para-hydroxylation sites is 1. The Bertz CT molecular complexity index is 1190. The maximum atomic E-state index is 6.16. The molecule has 148 valence electrons. The highest BCUT2D eigenvalue weighted by Gasteiger charge is 2.18. The van der Waals surface area contributed by atoms with Crippen molar-refractivity contribution in [3.05, 3.63) is 47.9 Å². The lowest BCUT2D eigenvalue weighted by molar-refractivity contribution is 0.419. The van der Waals surface area contributed by atoms with Gasteiger partial charge in [0.25, 0.3) is 0 Å². The first-order chi connectivity index (χ1) is 14.2. The third-order valence-electron chi connectivity index (χ3n) is 5.45. The number of methoxy groups -OCH3 is 1. The summed E-state index contributed by atoms with van der Waals surface area (Å²) in [5.74, 6) is 2.81. The summed E-state index contributed by atoms with van der Waals surface area (Å²) >= 11 is 0. The van der Waals surface area contributed by atoms with Gasteiger partial charge in [-0.2, -0.15) is 4.52 Å². The van der Waals surface area contributed by atoms with E-state index in [1.165, 1.54) is 12.0 Å². The number of aryl methyl sites for hydroxylation is 1. The number of nitrogens with zero attached hydrogens (tertiary/aromatic N) is 6. The molecule has 0 amide bonds. The molecule has 0 spiro atoms. The average molecular weight is 389 g/mol. The Balaban J connectivity index is 1.47. The summed E-state index contributed by atoms with van der Waals surface area (Å²) in [7, 11) is 1.62. The maximum Gasteiger partial charge on any atom is 0.223 e. The molecule has 0 bridgehead atoms. The lowest BCUT2D eigenvalue weighted by atomic mass is 10.1. The molecular formula is C21H23N7O. The van der Waals surface area contributed by atoms with Gasteiger partial charge in [-0.05, 0) is 43.0 Å². The van der Waals surface area contributed by atoms with Crippen LogP contribution in [0, 0.1) is 0 Å². The minimum absolute atomic E-state index is 0.303. The van der Waals surface area contributed by atoms with Crippen molar-refractivity contribution in [3.63, 3.8) is 0 Å². The molecule has 0 unspecified atom stereocenters. The van der Waals surface area contributed by atoms with Gasteiger partial charge in [-0.1, -0.05) is 12.1 Å². The third kappa shape index (κ3) is 3.10. The van der Waals surface area contributed by atoms with Crippen molar-refractivity contribution in [3.8, 4) is 5.75 Å². The van der Waals surface area contributed by atoms with Crippen molar-refractivity contribution in [1.82, 2.24) is 24.6 Å². The standard InChI is InChI=1S/C21H23N7O/c1-29-16-9-4-8-15-18(16)25-21(22)28-20(15)24-17(26-28)10-13-27-12-3-2-6-14-7-5-11-23-19(14)27/h4-5,7-9,11H,2-3,6,10,12-13H2,1H3,(H2,22,25). The highest BCUT2D eigenvalue weighted by molar-refractivity contribution is 5.95. The van der Waals surface area contributed by atoms with E-state index in [0.717, 1.165) is 43.0 Å². The van der Waals surface area contributed by atoms with Gasteiger partial charge in [-0.15, -0.1) is 5.10 Å². The number of anilines is 2. The minimum Gasteiger partial charge on any atom is -0.494 e. The Morgan fingerprint density at radius 3 is 2.97 bits per heavy atom. The molecule has 29 heavy (non-hydrogen) atoms. The Labute approximate surface area is 168 Å². The van der Waals surface area contributed by atoms with Crippen LogP contribution in [0.1, 0.15) is 24.2 Å². The normalized spacial score (nSPS) is 14.2. The van der Waals surface area contributed by atoms with Crippen LogP contribution in [0.3, 0.4) is 0 Å². The number of hydrogen-bond acceptors (Lipinski definition) is 7. The first-order valence-corrected chi connectivity index (χ1v) is 9.91. The smallest absolute Gasteiger partial charge is 0.223 e. The van der Waals surface area contributed by atoms with Crippen molar-refractivity contribution in [2.75, 3.05) is 30.8 Å². The predicted molar refractivity (Wildman–Crippen MR) is 112 cm³/mol. The molecule has 1 aromatic carbocycles. The number of nitrogen functional groups attached to an aromatic ring is 1. The van der Waals surface area contributed by atoms with Gasteiger partial charge in [-0.25, -0.2) is 15.0 Å². The molecule has 1 aliphatic heterocycles. The van der Waals surface area contributed by atoms with E-state index in [-0.39, 0.29) is 0 Å². The number of rotatable bonds is 4. The summed E-state index contributed by atoms with van der Waals surface area (Å²) in [5, 5.41) is 5.49. The van der Waals surface area contributed by atoms with E-state index in [2.05, 4.69) is 26.0 Å². The van der Waals surface area contributed by atoms with Crippen molar-refractivity contribution < 1.29 is 4.74 Å². The van der Waals surface area contributed by atoms with E-state index >= 15 is 0 Å². The van der Waals surface area contributed by atoms with Crippen LogP contribution in [0.2, 0.25) is 0 Å². The largest absolute Gasteiger partial charge is 0.494 e. The topological polar surface area (TPSA) is 94.5 Å². The third-order valence-corrected chi connectivity index (χ3v) is 5.45. The fourth-order valence-electron chi connectivity index (χ4n) is 4.03. The fourth-order valence-corrected chi connectivity index (χ4v) is 4.03. The molecule has 3 aromatic heterocycles. The van der Waals surface area contributed by atoms with Crippen LogP contribution in [0.25, 0.3) is 16.6 Å². The molecule has 0 saturated carbocycles. The SMILES string of the molecule is COc1cccc2c1nc(N)n1nc(CCN3CCCCc4cccnc43)nc21. The van der Waals surface area contributed by atoms with Gasteiger partial charge in [0.05, 0.1) is 7.11 Å². The molecule has 4 heterocycles. The summed E-state index contributed by atoms with van der Waals surface area (Å²) in [4.78, 5) is 16.2. The summed E-state index contributed by atoms with van der Waals surface area (Å²) in [5.41, 5.74) is 8.88. The molecule has 1 aliphatic rings. The van der Waals surface area contributed by atoms with E-state index in [1.807, 2.05) is 30.5 Å². The number of hydrogen-bond donors (Lipinski definition) is 1. The fraction of sp³-hybridized carbons (Fsp3) is 0.333. The predicted octanol–water partition coefficient (Wildman–Crippen LogP) is 2.65. The number of ether oxygens (including phenoxy) is 1. The second-order valence-corrected chi connectivity index (χ2v) is 7.27. The van der Waals surface area contributed by atoms with Gasteiger partial charge in [0.2, 0.25) is 5.95 Å². The molecule has 0 aliphatic carbocycles. The first kappa shape index (κ1) is 17.7. The van der Waals surface area contributed by atoms with E-state index in [0.29, 0.717) is 29.3 Å². The van der Waals surface area contributed by atoms with Crippen molar-refractivity contribution in [2.24, 2.45) is 0 Å². The van der Waals surface area contributed by atoms with Gasteiger partial charge in [0.15, 0.2) is 11.5 Å². The van der Waals surface area contributed by atoms with Crippen LogP contribution in [-0.4, -0.2) is 44.8 Å². The van der Waals surface area contributed by atoms with Crippen LogP contribution >= 0.6 is 0 Å². The number of aromatic nitrogens is 5. The lowest BCUT2D eigenvalue weighted by Gasteiger charge is -2.22. The van der Waals surface area contributed by atoms with E-state index in [1.54, 1.807) is 11.6 Å². The summed E-state index contributed by atoms with van der Waals surface area (Å²) < 4.78 is 7.04. The molecule has 0 saturated heterocycles. The second kappa shape index (κ2) is 7.20. The number of benzene rings is 1. The van der Waals surface area contributed by atoms with Crippen LogP contribution in [-0.2, 0) is 12.8 Å². The highest BCUT2D eigenvalue weighted by atomic mass is 16.5. The van der Waals surface area contributed by atoms with Crippen LogP contribution in [0.15, 0.2) is 36.5 Å². The maximum absolute atomic E-state index is 6.16. The molecule has 4 aromatic rings. The summed E-state index contributed by atoms with van der Waals surface area (Å²) in [6.07, 6.45) is 6.02. The summed E-state index contributed by atoms with van der Waals surface area (Å²) in [6.45, 7) is 1.82. The average Bonchev–Trinajstić information content (AvgIpc) is 3.08. The van der Waals surface area contributed by atoms with Crippen LogP contribution < -0.4 is 15.4 Å². The molecule has 5 rings (SSSR count). The van der Waals surface area contributed by atoms with Gasteiger partial charge < -0.3 is 15.4 Å². The Morgan fingerprint density at radius 2 is 2.07 bits per heavy atom. The zero-order valence-corrected chi connectivity index (χ0v) is 16.4. The molecule has 8 nitrogen and oxygen atoms in total. The highest BCUT2D eigenvalue weighted by Crippen LogP contribution is 2.28. The molecule has 0 atom stereocenters. The van der Waals surface area contributed by atoms with E-state index < -0.39 is 0 Å². The van der Waals surface area contributed by atoms with Gasteiger partial charge in [0, 0.05) is 31.1 Å². The van der Waals surface area contributed by atoms with Gasteiger partial charge >= 0.3 is 0 Å². The van der Waals surface area contributed by atoms with Crippen LogP contribution in [0.5, 0.6) is 5.75 Å². The van der Waals surface area contributed by atoms with Crippen LogP contribution in [0.4, 0.5) is 11.8 Å². The molecule has 0 radical (unpaired) electrons. The molecular weight excluding hydrogens is 366 g/mol. The quantitative estimate of drug-likeness (QED) is 0.573. The zero-order valence-electron chi connectivity index (χ0n) is 16.4. The Kier molecular flexibility index (Phi) is 4.38. The van der Waals surface area contributed by atoms with Gasteiger partial charge in [-0.3, -0.25) is 0 Å². The molecule has 0 fully saturated rings. The van der Waals surface area contributed by atoms with E-state index in [9.17, 15) is 0 Å². The Hall–Kier alpha value is -3.42. The monoisotopic (exact) mass is 389 g/mol. The lowest BCUT2D eigenvalue weighted by Crippen LogP contribution is -2.27. The van der Waals surface area contributed by atoms with Crippen molar-refractivity contribution in [1.29, 1.82) is 0 Å². The number of fused-ring (bicyclic) bond motifs is 4. The Morgan fingerprint density at radius 1 is 1.14 bits per heavy atom. The first-order valence-electron chi connectivity index (χ1n) is 9.91. The minimum atomic E-state index is 0.303. The van der Waals surface area contributed by atoms with Gasteiger partial charge in [0.1, 0.15) is 17.1 Å². The number of nitrogens with two attached hydrogens (primary N) is 1. The second-order valence-electron chi connectivity index (χ2n) is 7.27. The van der Waals surface area contributed by atoms with E-state index in [4.69, 9.17) is 15.5 Å². The van der Waals surface area contributed by atoms with Crippen molar-refractivity contribution >= 4 is 28.3 Å². The summed E-state index contributed by atoms with van der Waals surface area (Å²) in [6, 6.07) is 9.95.